The van der Waals surface area contributed by atoms with Crippen LogP contribution in [0.4, 0.5) is 0 Å². The van der Waals surface area contributed by atoms with Gasteiger partial charge >= 0.3 is 5.97 Å². The van der Waals surface area contributed by atoms with Crippen LogP contribution in [0.15, 0.2) is 0 Å². The van der Waals surface area contributed by atoms with E-state index >= 15 is 0 Å². The van der Waals surface area contributed by atoms with Gasteiger partial charge in [-0.2, -0.15) is 0 Å². The Morgan fingerprint density at radius 1 is 1.11 bits per heavy atom. The van der Waals surface area contributed by atoms with Gasteiger partial charge in [-0.15, -0.1) is 0 Å². The van der Waals surface area contributed by atoms with Gasteiger partial charge in [0.1, 0.15) is 5.41 Å². The summed E-state index contributed by atoms with van der Waals surface area (Å²) < 4.78 is 0. The molecular formula is C14H23NO4. The highest BCUT2D eigenvalue weighted by Gasteiger charge is 2.53. The number of carbonyl (C=O) groups is 2. The van der Waals surface area contributed by atoms with Crippen molar-refractivity contribution in [2.75, 3.05) is 13.2 Å². The molecule has 0 aromatic rings. The Morgan fingerprint density at radius 3 is 2.16 bits per heavy atom. The number of carbonyl (C=O) groups excluding carboxylic acids is 1. The molecule has 2 N–H and O–H groups in total. The molecule has 108 valence electrons. The van der Waals surface area contributed by atoms with Gasteiger partial charge in [0.25, 0.3) is 0 Å². The van der Waals surface area contributed by atoms with Crippen LogP contribution in [-0.4, -0.2) is 46.2 Å². The molecule has 0 heterocycles. The van der Waals surface area contributed by atoms with Crippen molar-refractivity contribution in [1.29, 1.82) is 0 Å². The van der Waals surface area contributed by atoms with Crippen molar-refractivity contribution in [3.05, 3.63) is 0 Å². The Kier molecular flexibility index (Phi) is 4.45. The quantitative estimate of drug-likeness (QED) is 0.739. The van der Waals surface area contributed by atoms with Crippen LogP contribution in [0, 0.1) is 5.41 Å². The summed E-state index contributed by atoms with van der Waals surface area (Å²) in [6.45, 7) is 0.163. The monoisotopic (exact) mass is 269 g/mol. The van der Waals surface area contributed by atoms with Crippen molar-refractivity contribution in [3.8, 4) is 0 Å². The van der Waals surface area contributed by atoms with E-state index in [1.165, 1.54) is 6.42 Å². The summed E-state index contributed by atoms with van der Waals surface area (Å²) in [6, 6.07) is 0.116. The van der Waals surface area contributed by atoms with Crippen LogP contribution < -0.4 is 0 Å². The molecule has 2 rings (SSSR count). The maximum Gasteiger partial charge on any atom is 0.319 e. The third-order valence-electron chi connectivity index (χ3n) is 4.64. The first-order valence-electron chi connectivity index (χ1n) is 7.27. The third kappa shape index (κ3) is 2.61. The minimum Gasteiger partial charge on any atom is -0.480 e. The Bertz CT molecular complexity index is 345. The second-order valence-corrected chi connectivity index (χ2v) is 5.75. The number of carboxylic acid groups (broad SMARTS) is 1. The average Bonchev–Trinajstić information content (AvgIpc) is 2.35. The van der Waals surface area contributed by atoms with E-state index in [-0.39, 0.29) is 25.1 Å². The lowest BCUT2D eigenvalue weighted by molar-refractivity contribution is -0.169. The van der Waals surface area contributed by atoms with Gasteiger partial charge in [-0.1, -0.05) is 25.7 Å². The molecule has 2 saturated carbocycles. The summed E-state index contributed by atoms with van der Waals surface area (Å²) in [4.78, 5) is 25.7. The zero-order valence-corrected chi connectivity index (χ0v) is 11.3. The van der Waals surface area contributed by atoms with Gasteiger partial charge in [0.15, 0.2) is 0 Å². The molecule has 0 aromatic heterocycles. The van der Waals surface area contributed by atoms with Crippen LogP contribution in [-0.2, 0) is 9.59 Å². The fraction of sp³-hybridized carbons (Fsp3) is 0.857. The maximum absolute atomic E-state index is 12.6. The summed E-state index contributed by atoms with van der Waals surface area (Å²) in [7, 11) is 0. The van der Waals surface area contributed by atoms with E-state index in [0.29, 0.717) is 12.8 Å². The van der Waals surface area contributed by atoms with Gasteiger partial charge in [0.2, 0.25) is 5.91 Å². The highest BCUT2D eigenvalue weighted by atomic mass is 16.4. The fourth-order valence-corrected chi connectivity index (χ4v) is 3.27. The molecule has 0 bridgehead atoms. The first-order valence-corrected chi connectivity index (χ1v) is 7.27. The summed E-state index contributed by atoms with van der Waals surface area (Å²) in [6.07, 6.45) is 6.89. The van der Waals surface area contributed by atoms with Crippen LogP contribution in [0.5, 0.6) is 0 Å². The average molecular weight is 269 g/mol. The molecule has 0 radical (unpaired) electrons. The normalized spacial score (nSPS) is 22.6. The van der Waals surface area contributed by atoms with Crippen molar-refractivity contribution in [2.45, 2.75) is 57.4 Å². The molecule has 1 amide bonds. The van der Waals surface area contributed by atoms with E-state index in [0.717, 1.165) is 32.1 Å². The van der Waals surface area contributed by atoms with Crippen molar-refractivity contribution in [3.63, 3.8) is 0 Å². The number of amides is 1. The number of aliphatic hydroxyl groups excluding tert-OH is 1. The molecule has 0 saturated heterocycles. The van der Waals surface area contributed by atoms with E-state index in [1.807, 2.05) is 0 Å². The van der Waals surface area contributed by atoms with Crippen LogP contribution in [0.3, 0.4) is 0 Å². The Morgan fingerprint density at radius 2 is 1.74 bits per heavy atom. The Hall–Kier alpha value is -1.10. The number of hydrogen-bond acceptors (Lipinski definition) is 3. The third-order valence-corrected chi connectivity index (χ3v) is 4.64. The molecule has 0 atom stereocenters. The first kappa shape index (κ1) is 14.3. The minimum atomic E-state index is -1.20. The van der Waals surface area contributed by atoms with Crippen LogP contribution in [0.25, 0.3) is 0 Å². The number of hydrogen-bond donors (Lipinski definition) is 2. The molecule has 19 heavy (non-hydrogen) atoms. The SMILES string of the molecule is O=C(O)C1(C(=O)N(CCO)C2CCCCC2)CCC1. The summed E-state index contributed by atoms with van der Waals surface area (Å²) in [5, 5.41) is 18.5. The molecule has 2 aliphatic carbocycles. The molecule has 0 aliphatic heterocycles. The lowest BCUT2D eigenvalue weighted by Gasteiger charge is -2.43. The van der Waals surface area contributed by atoms with Gasteiger partial charge in [-0.05, 0) is 25.7 Å². The standard InChI is InChI=1S/C14H23NO4/c16-10-9-15(11-5-2-1-3-6-11)12(17)14(13(18)19)7-4-8-14/h11,16H,1-10H2,(H,18,19). The zero-order chi connectivity index (χ0) is 13.9. The molecule has 2 aliphatic rings. The Balaban J connectivity index is 2.13. The van der Waals surface area contributed by atoms with E-state index in [4.69, 9.17) is 5.11 Å². The number of rotatable bonds is 5. The predicted molar refractivity (Wildman–Crippen MR) is 69.6 cm³/mol. The summed E-state index contributed by atoms with van der Waals surface area (Å²) >= 11 is 0. The largest absolute Gasteiger partial charge is 0.480 e. The topological polar surface area (TPSA) is 77.8 Å². The number of nitrogens with zero attached hydrogens (tertiary/aromatic N) is 1. The minimum absolute atomic E-state index is 0.0993. The number of carboxylic acids is 1. The predicted octanol–water partition coefficient (Wildman–Crippen LogP) is 1.39. The molecule has 0 aromatic carbocycles. The van der Waals surface area contributed by atoms with Crippen LogP contribution >= 0.6 is 0 Å². The smallest absolute Gasteiger partial charge is 0.319 e. The van der Waals surface area contributed by atoms with Gasteiger partial charge in [0.05, 0.1) is 6.61 Å². The van der Waals surface area contributed by atoms with E-state index in [2.05, 4.69) is 0 Å². The van der Waals surface area contributed by atoms with Gasteiger partial charge in [-0.3, -0.25) is 9.59 Å². The summed E-state index contributed by atoms with van der Waals surface area (Å²) in [5.74, 6) is -1.27. The van der Waals surface area contributed by atoms with Crippen LogP contribution in [0.1, 0.15) is 51.4 Å². The highest BCUT2D eigenvalue weighted by molar-refractivity contribution is 6.03. The van der Waals surface area contributed by atoms with Gasteiger partial charge in [0, 0.05) is 12.6 Å². The van der Waals surface area contributed by atoms with Crippen molar-refractivity contribution >= 4 is 11.9 Å². The molecule has 5 heteroatoms. The van der Waals surface area contributed by atoms with Crippen molar-refractivity contribution in [2.24, 2.45) is 5.41 Å². The fourth-order valence-electron chi connectivity index (χ4n) is 3.27. The Labute approximate surface area is 113 Å². The lowest BCUT2D eigenvalue weighted by Crippen LogP contribution is -2.56. The molecule has 2 fully saturated rings. The maximum atomic E-state index is 12.6. The van der Waals surface area contributed by atoms with Crippen LogP contribution in [0.2, 0.25) is 0 Å². The van der Waals surface area contributed by atoms with Gasteiger partial charge in [-0.25, -0.2) is 0 Å². The van der Waals surface area contributed by atoms with Crippen molar-refractivity contribution in [1.82, 2.24) is 4.90 Å². The second-order valence-electron chi connectivity index (χ2n) is 5.75. The molecule has 5 nitrogen and oxygen atoms in total. The number of aliphatic carboxylic acids is 1. The van der Waals surface area contributed by atoms with E-state index in [9.17, 15) is 14.7 Å². The summed E-state index contributed by atoms with van der Waals surface area (Å²) in [5.41, 5.74) is -1.20. The van der Waals surface area contributed by atoms with Gasteiger partial charge < -0.3 is 15.1 Å². The highest BCUT2D eigenvalue weighted by Crippen LogP contribution is 2.43. The lowest BCUT2D eigenvalue weighted by atomic mass is 9.67. The molecule has 0 unspecified atom stereocenters. The van der Waals surface area contributed by atoms with E-state index in [1.54, 1.807) is 4.90 Å². The van der Waals surface area contributed by atoms with E-state index < -0.39 is 11.4 Å². The van der Waals surface area contributed by atoms with Crippen molar-refractivity contribution < 1.29 is 19.8 Å². The first-order chi connectivity index (χ1) is 9.12. The second kappa shape index (κ2) is 5.90. The number of aliphatic hydroxyl groups is 1. The molecular weight excluding hydrogens is 246 g/mol. The molecule has 0 spiro atoms. The zero-order valence-electron chi connectivity index (χ0n) is 11.3.